The molecule has 2 heterocycles. The highest BCUT2D eigenvalue weighted by Gasteiger charge is 2.60. The molecule has 3 atom stereocenters. The van der Waals surface area contributed by atoms with Gasteiger partial charge in [-0.2, -0.15) is 0 Å². The normalized spacial score (nSPS) is 37.4. The first kappa shape index (κ1) is 10.9. The van der Waals surface area contributed by atoms with Gasteiger partial charge in [0.25, 0.3) is 0 Å². The van der Waals surface area contributed by atoms with Crippen LogP contribution in [0.2, 0.25) is 0 Å². The first-order chi connectivity index (χ1) is 8.71. The van der Waals surface area contributed by atoms with E-state index < -0.39 is 0 Å². The van der Waals surface area contributed by atoms with Crippen LogP contribution in [0.5, 0.6) is 0 Å². The Morgan fingerprint density at radius 3 is 3.00 bits per heavy atom. The SMILES string of the molecule is O=C1[C@H]2C[C@@]3(CCCc4ccccc4N13)CC2Cl. The zero-order chi connectivity index (χ0) is 12.3. The summed E-state index contributed by atoms with van der Waals surface area (Å²) >= 11 is 6.35. The van der Waals surface area contributed by atoms with Crippen LogP contribution in [0.25, 0.3) is 0 Å². The summed E-state index contributed by atoms with van der Waals surface area (Å²) in [5.41, 5.74) is 2.49. The second kappa shape index (κ2) is 3.51. The van der Waals surface area contributed by atoms with Gasteiger partial charge in [0.05, 0.1) is 11.5 Å². The van der Waals surface area contributed by atoms with Crippen molar-refractivity contribution in [3.05, 3.63) is 29.8 Å². The van der Waals surface area contributed by atoms with Crippen molar-refractivity contribution in [2.45, 2.75) is 43.0 Å². The molecular formula is C15H16ClNO. The number of hydrogen-bond acceptors (Lipinski definition) is 1. The van der Waals surface area contributed by atoms with Gasteiger partial charge in [0.15, 0.2) is 0 Å². The average molecular weight is 262 g/mol. The van der Waals surface area contributed by atoms with Crippen LogP contribution in [0.15, 0.2) is 24.3 Å². The van der Waals surface area contributed by atoms with Crippen LogP contribution in [0.4, 0.5) is 5.69 Å². The summed E-state index contributed by atoms with van der Waals surface area (Å²) in [4.78, 5) is 14.7. The Hall–Kier alpha value is -1.02. The standard InChI is InChI=1S/C15H16ClNO/c16-12-9-15-7-3-5-10-4-1-2-6-13(10)17(15)14(18)11(12)8-15/h1-2,4,6,11-12H,3,5,7-9H2/t11-,12?,15-/m0/s1. The summed E-state index contributed by atoms with van der Waals surface area (Å²) in [6, 6.07) is 8.37. The summed E-state index contributed by atoms with van der Waals surface area (Å²) in [7, 11) is 0. The van der Waals surface area contributed by atoms with Gasteiger partial charge in [-0.1, -0.05) is 18.2 Å². The molecule has 1 unspecified atom stereocenters. The molecule has 4 rings (SSSR count). The molecule has 2 aliphatic heterocycles. The van der Waals surface area contributed by atoms with E-state index in [2.05, 4.69) is 23.1 Å². The van der Waals surface area contributed by atoms with Gasteiger partial charge < -0.3 is 4.90 Å². The number of amides is 1. The lowest BCUT2D eigenvalue weighted by molar-refractivity contribution is -0.121. The average Bonchev–Trinajstić information content (AvgIpc) is 2.76. The zero-order valence-electron chi connectivity index (χ0n) is 10.2. The van der Waals surface area contributed by atoms with E-state index in [-0.39, 0.29) is 22.7 Å². The van der Waals surface area contributed by atoms with Crippen LogP contribution < -0.4 is 4.90 Å². The van der Waals surface area contributed by atoms with Gasteiger partial charge >= 0.3 is 0 Å². The van der Waals surface area contributed by atoms with Crippen LogP contribution in [0.1, 0.15) is 31.2 Å². The molecule has 1 saturated heterocycles. The van der Waals surface area contributed by atoms with Gasteiger partial charge in [0.2, 0.25) is 5.91 Å². The van der Waals surface area contributed by atoms with Crippen molar-refractivity contribution in [3.8, 4) is 0 Å². The highest BCUT2D eigenvalue weighted by Crippen LogP contribution is 2.55. The third-order valence-corrected chi connectivity index (χ3v) is 5.40. The molecule has 1 aromatic carbocycles. The number of piperidine rings is 1. The van der Waals surface area contributed by atoms with E-state index in [0.717, 1.165) is 37.8 Å². The summed E-state index contributed by atoms with van der Waals surface area (Å²) in [5, 5.41) is 0.0546. The van der Waals surface area contributed by atoms with Gasteiger partial charge in [-0.05, 0) is 43.7 Å². The number of hydrogen-bond donors (Lipinski definition) is 0. The molecule has 1 aliphatic carbocycles. The maximum atomic E-state index is 12.6. The number of carbonyl (C=O) groups excluding carboxylic acids is 1. The lowest BCUT2D eigenvalue weighted by atomic mass is 9.91. The molecule has 1 amide bonds. The molecule has 0 N–H and O–H groups in total. The minimum atomic E-state index is 0.0285. The van der Waals surface area contributed by atoms with E-state index in [4.69, 9.17) is 11.6 Å². The Morgan fingerprint density at radius 2 is 2.11 bits per heavy atom. The third-order valence-electron chi connectivity index (χ3n) is 4.94. The van der Waals surface area contributed by atoms with Crippen molar-refractivity contribution in [2.75, 3.05) is 4.90 Å². The summed E-state index contributed by atoms with van der Waals surface area (Å²) in [6.45, 7) is 0. The Labute approximate surface area is 112 Å². The molecule has 2 bridgehead atoms. The fourth-order valence-corrected chi connectivity index (χ4v) is 4.67. The number of para-hydroxylation sites is 1. The molecule has 2 nitrogen and oxygen atoms in total. The van der Waals surface area contributed by atoms with Crippen LogP contribution in [0.3, 0.4) is 0 Å². The number of alkyl halides is 1. The first-order valence-electron chi connectivity index (χ1n) is 6.77. The maximum Gasteiger partial charge on any atom is 0.232 e. The molecule has 0 aromatic heterocycles. The Kier molecular flexibility index (Phi) is 2.12. The fourth-order valence-electron chi connectivity index (χ4n) is 4.19. The van der Waals surface area contributed by atoms with Crippen molar-refractivity contribution in [3.63, 3.8) is 0 Å². The Morgan fingerprint density at radius 1 is 1.28 bits per heavy atom. The van der Waals surface area contributed by atoms with Gasteiger partial charge in [-0.25, -0.2) is 0 Å². The van der Waals surface area contributed by atoms with E-state index in [1.54, 1.807) is 0 Å². The number of fused-ring (bicyclic) bond motifs is 3. The van der Waals surface area contributed by atoms with Crippen molar-refractivity contribution in [2.24, 2.45) is 5.92 Å². The lowest BCUT2D eigenvalue weighted by Crippen LogP contribution is -2.49. The minimum Gasteiger partial charge on any atom is -0.306 e. The third kappa shape index (κ3) is 1.22. The number of nitrogens with zero attached hydrogens (tertiary/aromatic N) is 1. The van der Waals surface area contributed by atoms with Crippen LogP contribution in [-0.4, -0.2) is 16.8 Å². The van der Waals surface area contributed by atoms with Crippen LogP contribution in [0, 0.1) is 5.92 Å². The van der Waals surface area contributed by atoms with E-state index in [1.807, 2.05) is 6.07 Å². The lowest BCUT2D eigenvalue weighted by Gasteiger charge is -2.39. The quantitative estimate of drug-likeness (QED) is 0.657. The number of carbonyl (C=O) groups is 1. The Balaban J connectivity index is 1.89. The zero-order valence-corrected chi connectivity index (χ0v) is 11.0. The molecule has 1 aromatic rings. The van der Waals surface area contributed by atoms with E-state index in [1.165, 1.54) is 5.56 Å². The number of halogens is 1. The van der Waals surface area contributed by atoms with Gasteiger partial charge in [-0.15, -0.1) is 11.6 Å². The van der Waals surface area contributed by atoms with E-state index in [0.29, 0.717) is 0 Å². The number of rotatable bonds is 0. The van der Waals surface area contributed by atoms with Crippen molar-refractivity contribution in [1.82, 2.24) is 0 Å². The number of anilines is 1. The summed E-state index contributed by atoms with van der Waals surface area (Å²) in [5.74, 6) is 0.313. The maximum absolute atomic E-state index is 12.6. The molecule has 1 spiro atoms. The second-order valence-corrected chi connectivity index (χ2v) is 6.47. The molecule has 0 radical (unpaired) electrons. The number of benzene rings is 1. The van der Waals surface area contributed by atoms with Crippen molar-refractivity contribution in [1.29, 1.82) is 0 Å². The molecule has 1 saturated carbocycles. The molecule has 18 heavy (non-hydrogen) atoms. The molecule has 3 aliphatic rings. The number of aryl methyl sites for hydroxylation is 1. The molecule has 94 valence electrons. The van der Waals surface area contributed by atoms with Crippen LogP contribution in [-0.2, 0) is 11.2 Å². The molecule has 2 fully saturated rings. The van der Waals surface area contributed by atoms with Crippen molar-refractivity contribution < 1.29 is 4.79 Å². The smallest absolute Gasteiger partial charge is 0.232 e. The summed E-state index contributed by atoms with van der Waals surface area (Å²) < 4.78 is 0. The van der Waals surface area contributed by atoms with Crippen molar-refractivity contribution >= 4 is 23.2 Å². The van der Waals surface area contributed by atoms with Gasteiger partial charge in [0.1, 0.15) is 0 Å². The predicted molar refractivity (Wildman–Crippen MR) is 72.0 cm³/mol. The predicted octanol–water partition coefficient (Wildman–Crippen LogP) is 3.13. The largest absolute Gasteiger partial charge is 0.306 e. The second-order valence-electron chi connectivity index (χ2n) is 5.91. The van der Waals surface area contributed by atoms with Crippen LogP contribution >= 0.6 is 11.6 Å². The fraction of sp³-hybridized carbons (Fsp3) is 0.533. The molecular weight excluding hydrogens is 246 g/mol. The topological polar surface area (TPSA) is 20.3 Å². The monoisotopic (exact) mass is 261 g/mol. The summed E-state index contributed by atoms with van der Waals surface area (Å²) in [6.07, 6.45) is 5.29. The van der Waals surface area contributed by atoms with Gasteiger partial charge in [0, 0.05) is 11.1 Å². The van der Waals surface area contributed by atoms with Gasteiger partial charge in [-0.3, -0.25) is 4.79 Å². The molecule has 3 heteroatoms. The highest BCUT2D eigenvalue weighted by molar-refractivity contribution is 6.24. The van der Waals surface area contributed by atoms with E-state index in [9.17, 15) is 4.79 Å². The highest BCUT2D eigenvalue weighted by atomic mass is 35.5. The first-order valence-corrected chi connectivity index (χ1v) is 7.21. The van der Waals surface area contributed by atoms with E-state index >= 15 is 0 Å². The Bertz CT molecular complexity index is 529. The minimum absolute atomic E-state index is 0.0285.